The van der Waals surface area contributed by atoms with E-state index in [-0.39, 0.29) is 0 Å². The third-order valence-electron chi connectivity index (χ3n) is 3.33. The van der Waals surface area contributed by atoms with Crippen LogP contribution in [-0.2, 0) is 5.60 Å². The molecule has 2 aromatic rings. The molecule has 0 amide bonds. The highest BCUT2D eigenvalue weighted by Gasteiger charge is 2.31. The van der Waals surface area contributed by atoms with Gasteiger partial charge in [0, 0.05) is 22.2 Å². The molecule has 0 saturated carbocycles. The summed E-state index contributed by atoms with van der Waals surface area (Å²) in [6, 6.07) is 12.5. The van der Waals surface area contributed by atoms with Gasteiger partial charge in [0.2, 0.25) is 0 Å². The van der Waals surface area contributed by atoms with Crippen molar-refractivity contribution in [2.75, 3.05) is 14.2 Å². The number of halogens is 1. The van der Waals surface area contributed by atoms with Crippen LogP contribution < -0.4 is 9.47 Å². The van der Waals surface area contributed by atoms with E-state index in [9.17, 15) is 5.11 Å². The molecule has 1 atom stereocenters. The van der Waals surface area contributed by atoms with E-state index in [4.69, 9.17) is 21.1 Å². The lowest BCUT2D eigenvalue weighted by atomic mass is 9.87. The van der Waals surface area contributed by atoms with E-state index in [1.807, 2.05) is 12.1 Å². The summed E-state index contributed by atoms with van der Waals surface area (Å²) in [4.78, 5) is 0. The summed E-state index contributed by atoms with van der Waals surface area (Å²) in [6.07, 6.45) is 0. The van der Waals surface area contributed by atoms with Crippen molar-refractivity contribution in [1.82, 2.24) is 0 Å². The number of methoxy groups -OCH3 is 2. The predicted octanol–water partition coefficient (Wildman–Crippen LogP) is 3.61. The van der Waals surface area contributed by atoms with E-state index in [0.717, 1.165) is 0 Å². The zero-order chi connectivity index (χ0) is 14.8. The normalized spacial score (nSPS) is 13.7. The molecule has 0 aliphatic rings. The predicted molar refractivity (Wildman–Crippen MR) is 79.7 cm³/mol. The molecule has 0 aromatic heterocycles. The second-order valence-electron chi connectivity index (χ2n) is 4.62. The van der Waals surface area contributed by atoms with Crippen molar-refractivity contribution in [1.29, 1.82) is 0 Å². The van der Waals surface area contributed by atoms with Gasteiger partial charge in [-0.3, -0.25) is 0 Å². The Balaban J connectivity index is 2.57. The summed E-state index contributed by atoms with van der Waals surface area (Å²) >= 11 is 6.19. The first-order valence-electron chi connectivity index (χ1n) is 6.20. The van der Waals surface area contributed by atoms with Crippen LogP contribution in [0.3, 0.4) is 0 Å². The highest BCUT2D eigenvalue weighted by Crippen LogP contribution is 2.39. The molecule has 0 bridgehead atoms. The molecule has 0 aliphatic heterocycles. The second kappa shape index (κ2) is 5.73. The Morgan fingerprint density at radius 2 is 1.70 bits per heavy atom. The maximum Gasteiger partial charge on any atom is 0.128 e. The lowest BCUT2D eigenvalue weighted by Crippen LogP contribution is -2.24. The first-order valence-corrected chi connectivity index (χ1v) is 6.58. The molecular weight excluding hydrogens is 276 g/mol. The highest BCUT2D eigenvalue weighted by molar-refractivity contribution is 6.31. The van der Waals surface area contributed by atoms with Crippen molar-refractivity contribution in [2.24, 2.45) is 0 Å². The van der Waals surface area contributed by atoms with Crippen LogP contribution >= 0.6 is 11.6 Å². The van der Waals surface area contributed by atoms with Crippen LogP contribution in [-0.4, -0.2) is 19.3 Å². The average Bonchev–Trinajstić information content (AvgIpc) is 2.46. The minimum absolute atomic E-state index is 0.510. The third kappa shape index (κ3) is 2.60. The molecule has 3 nitrogen and oxygen atoms in total. The fourth-order valence-corrected chi connectivity index (χ4v) is 2.52. The minimum atomic E-state index is -1.25. The fraction of sp³-hybridized carbons (Fsp3) is 0.250. The Hall–Kier alpha value is -1.71. The Morgan fingerprint density at radius 1 is 1.00 bits per heavy atom. The molecule has 106 valence electrons. The van der Waals surface area contributed by atoms with Gasteiger partial charge in [0.1, 0.15) is 17.1 Å². The Bertz CT molecular complexity index is 608. The number of benzene rings is 2. The molecule has 0 spiro atoms. The Morgan fingerprint density at radius 3 is 2.30 bits per heavy atom. The van der Waals surface area contributed by atoms with E-state index < -0.39 is 5.60 Å². The van der Waals surface area contributed by atoms with Crippen LogP contribution in [0.25, 0.3) is 0 Å². The number of ether oxygens (including phenoxy) is 2. The summed E-state index contributed by atoms with van der Waals surface area (Å²) in [6.45, 7) is 1.69. The van der Waals surface area contributed by atoms with Crippen molar-refractivity contribution < 1.29 is 14.6 Å². The molecule has 0 fully saturated rings. The van der Waals surface area contributed by atoms with Gasteiger partial charge in [0.15, 0.2) is 0 Å². The van der Waals surface area contributed by atoms with Crippen LogP contribution in [0.1, 0.15) is 18.1 Å². The highest BCUT2D eigenvalue weighted by atomic mass is 35.5. The van der Waals surface area contributed by atoms with Crippen molar-refractivity contribution in [3.05, 3.63) is 58.6 Å². The SMILES string of the molecule is COc1ccc(C(C)(O)c2ccccc2Cl)c(OC)c1. The molecule has 2 aromatic carbocycles. The van der Waals surface area contributed by atoms with Crippen molar-refractivity contribution in [3.8, 4) is 11.5 Å². The Kier molecular flexibility index (Phi) is 4.21. The number of rotatable bonds is 4. The molecule has 0 radical (unpaired) electrons. The third-order valence-corrected chi connectivity index (χ3v) is 3.66. The first kappa shape index (κ1) is 14.7. The van der Waals surface area contributed by atoms with Gasteiger partial charge in [0.05, 0.1) is 14.2 Å². The minimum Gasteiger partial charge on any atom is -0.497 e. The molecule has 2 rings (SSSR count). The van der Waals surface area contributed by atoms with Crippen LogP contribution in [0.15, 0.2) is 42.5 Å². The summed E-state index contributed by atoms with van der Waals surface area (Å²) in [5, 5.41) is 11.4. The Labute approximate surface area is 123 Å². The fourth-order valence-electron chi connectivity index (χ4n) is 2.20. The maximum atomic E-state index is 10.9. The maximum absolute atomic E-state index is 10.9. The first-order chi connectivity index (χ1) is 9.50. The van der Waals surface area contributed by atoms with Crippen LogP contribution in [0.2, 0.25) is 5.02 Å². The molecule has 1 unspecified atom stereocenters. The quantitative estimate of drug-likeness (QED) is 0.935. The van der Waals surface area contributed by atoms with E-state index in [2.05, 4.69) is 0 Å². The van der Waals surface area contributed by atoms with E-state index in [0.29, 0.717) is 27.6 Å². The standard InChI is InChI=1S/C16H17ClO3/c1-16(18,12-6-4-5-7-14(12)17)13-9-8-11(19-2)10-15(13)20-3/h4-10,18H,1-3H3. The van der Waals surface area contributed by atoms with Crippen molar-refractivity contribution in [3.63, 3.8) is 0 Å². The van der Waals surface area contributed by atoms with Crippen LogP contribution in [0, 0.1) is 0 Å². The average molecular weight is 293 g/mol. The molecule has 4 heteroatoms. The van der Waals surface area contributed by atoms with Gasteiger partial charge in [-0.25, -0.2) is 0 Å². The van der Waals surface area contributed by atoms with E-state index in [1.165, 1.54) is 0 Å². The van der Waals surface area contributed by atoms with Gasteiger partial charge >= 0.3 is 0 Å². The van der Waals surface area contributed by atoms with Gasteiger partial charge in [-0.2, -0.15) is 0 Å². The molecule has 20 heavy (non-hydrogen) atoms. The zero-order valence-corrected chi connectivity index (χ0v) is 12.4. The molecule has 0 saturated heterocycles. The van der Waals surface area contributed by atoms with Gasteiger partial charge in [0.25, 0.3) is 0 Å². The zero-order valence-electron chi connectivity index (χ0n) is 11.7. The second-order valence-corrected chi connectivity index (χ2v) is 5.03. The van der Waals surface area contributed by atoms with Crippen LogP contribution in [0.5, 0.6) is 11.5 Å². The number of hydrogen-bond acceptors (Lipinski definition) is 3. The summed E-state index contributed by atoms with van der Waals surface area (Å²) < 4.78 is 10.5. The monoisotopic (exact) mass is 292 g/mol. The van der Waals surface area contributed by atoms with E-state index >= 15 is 0 Å². The summed E-state index contributed by atoms with van der Waals surface area (Å²) in [7, 11) is 3.14. The van der Waals surface area contributed by atoms with Gasteiger partial charge < -0.3 is 14.6 Å². The van der Waals surface area contributed by atoms with Gasteiger partial charge in [-0.15, -0.1) is 0 Å². The smallest absolute Gasteiger partial charge is 0.128 e. The van der Waals surface area contributed by atoms with Crippen molar-refractivity contribution >= 4 is 11.6 Å². The lowest BCUT2D eigenvalue weighted by molar-refractivity contribution is 0.0990. The van der Waals surface area contributed by atoms with Crippen molar-refractivity contribution in [2.45, 2.75) is 12.5 Å². The van der Waals surface area contributed by atoms with Gasteiger partial charge in [-0.1, -0.05) is 29.8 Å². The summed E-state index contributed by atoms with van der Waals surface area (Å²) in [5.74, 6) is 1.22. The lowest BCUT2D eigenvalue weighted by Gasteiger charge is -2.27. The number of hydrogen-bond donors (Lipinski definition) is 1. The van der Waals surface area contributed by atoms with Crippen LogP contribution in [0.4, 0.5) is 0 Å². The van der Waals surface area contributed by atoms with E-state index in [1.54, 1.807) is 51.5 Å². The molecule has 0 heterocycles. The molecule has 1 N–H and O–H groups in total. The topological polar surface area (TPSA) is 38.7 Å². The molecule has 0 aliphatic carbocycles. The number of aliphatic hydroxyl groups is 1. The van der Waals surface area contributed by atoms with Gasteiger partial charge in [-0.05, 0) is 25.1 Å². The molecular formula is C16H17ClO3. The largest absolute Gasteiger partial charge is 0.497 e. The summed E-state index contributed by atoms with van der Waals surface area (Å²) in [5.41, 5.74) is 0.00898.